The van der Waals surface area contributed by atoms with E-state index in [1.807, 2.05) is 30.3 Å². The Labute approximate surface area is 118 Å². The average Bonchev–Trinajstić information content (AvgIpc) is 2.50. The van der Waals surface area contributed by atoms with E-state index in [1.165, 1.54) is 0 Å². The van der Waals surface area contributed by atoms with Gasteiger partial charge in [-0.1, -0.05) is 49.6 Å². The van der Waals surface area contributed by atoms with Crippen LogP contribution in [0, 0.1) is 0 Å². The zero-order valence-electron chi connectivity index (χ0n) is 11.4. The predicted octanol–water partition coefficient (Wildman–Crippen LogP) is 3.14. The van der Waals surface area contributed by atoms with Crippen LogP contribution in [-0.2, 0) is 9.59 Å². The fourth-order valence-electron chi connectivity index (χ4n) is 3.19. The van der Waals surface area contributed by atoms with Gasteiger partial charge in [-0.05, 0) is 18.4 Å². The minimum atomic E-state index is -0.471. The molecule has 0 spiro atoms. The second-order valence-corrected chi connectivity index (χ2v) is 5.26. The van der Waals surface area contributed by atoms with E-state index < -0.39 is 5.54 Å². The SMILES string of the molecule is O=C=NCC(c1ccccc1)C1(N=C=O)CCCCC1. The maximum absolute atomic E-state index is 10.9. The molecule has 0 heterocycles. The lowest BCUT2D eigenvalue weighted by Gasteiger charge is -2.38. The molecular weight excluding hydrogens is 252 g/mol. The van der Waals surface area contributed by atoms with E-state index in [1.54, 1.807) is 12.2 Å². The molecule has 1 unspecified atom stereocenters. The van der Waals surface area contributed by atoms with Crippen molar-refractivity contribution in [2.45, 2.75) is 43.6 Å². The summed E-state index contributed by atoms with van der Waals surface area (Å²) in [6.07, 6.45) is 8.27. The quantitative estimate of drug-likeness (QED) is 0.609. The van der Waals surface area contributed by atoms with Gasteiger partial charge in [0.1, 0.15) is 0 Å². The summed E-state index contributed by atoms with van der Waals surface area (Å²) in [5.74, 6) is -0.0631. The standard InChI is InChI=1S/C16H18N2O2/c19-12-17-11-15(14-7-3-1-4-8-14)16(18-13-20)9-5-2-6-10-16/h1,3-4,7-8,15H,2,5-6,9-11H2. The minimum absolute atomic E-state index is 0.0631. The molecule has 1 aromatic rings. The molecule has 0 aromatic heterocycles. The van der Waals surface area contributed by atoms with Crippen molar-refractivity contribution in [2.75, 3.05) is 6.54 Å². The number of rotatable bonds is 5. The summed E-state index contributed by atoms with van der Waals surface area (Å²) in [4.78, 5) is 29.3. The van der Waals surface area contributed by atoms with Gasteiger partial charge in [0.2, 0.25) is 12.2 Å². The van der Waals surface area contributed by atoms with Crippen LogP contribution < -0.4 is 0 Å². The van der Waals surface area contributed by atoms with Crippen molar-refractivity contribution >= 4 is 12.2 Å². The monoisotopic (exact) mass is 270 g/mol. The Balaban J connectivity index is 2.41. The summed E-state index contributed by atoms with van der Waals surface area (Å²) in [7, 11) is 0. The first-order valence-electron chi connectivity index (χ1n) is 7.00. The highest BCUT2D eigenvalue weighted by Crippen LogP contribution is 2.43. The molecule has 0 saturated heterocycles. The van der Waals surface area contributed by atoms with Crippen LogP contribution in [0.3, 0.4) is 0 Å². The Morgan fingerprint density at radius 3 is 2.35 bits per heavy atom. The lowest BCUT2D eigenvalue weighted by molar-refractivity contribution is 0.251. The van der Waals surface area contributed by atoms with Crippen molar-refractivity contribution in [1.82, 2.24) is 0 Å². The van der Waals surface area contributed by atoms with Gasteiger partial charge in [0.15, 0.2) is 0 Å². The van der Waals surface area contributed by atoms with Gasteiger partial charge in [-0.25, -0.2) is 14.6 Å². The number of benzene rings is 1. The van der Waals surface area contributed by atoms with Crippen molar-refractivity contribution in [2.24, 2.45) is 9.98 Å². The molecule has 1 saturated carbocycles. The van der Waals surface area contributed by atoms with Gasteiger partial charge < -0.3 is 0 Å². The highest BCUT2D eigenvalue weighted by molar-refractivity contribution is 5.38. The van der Waals surface area contributed by atoms with Gasteiger partial charge in [-0.15, -0.1) is 0 Å². The van der Waals surface area contributed by atoms with Crippen molar-refractivity contribution in [3.63, 3.8) is 0 Å². The van der Waals surface area contributed by atoms with Crippen LogP contribution >= 0.6 is 0 Å². The fraction of sp³-hybridized carbons (Fsp3) is 0.500. The number of aliphatic imine (C=N–C) groups is 2. The van der Waals surface area contributed by atoms with E-state index in [0.717, 1.165) is 37.7 Å². The van der Waals surface area contributed by atoms with Crippen LogP contribution in [0.4, 0.5) is 0 Å². The number of hydrogen-bond acceptors (Lipinski definition) is 4. The largest absolute Gasteiger partial charge is 0.235 e. The van der Waals surface area contributed by atoms with Crippen molar-refractivity contribution in [3.05, 3.63) is 35.9 Å². The Kier molecular flexibility index (Phi) is 5.00. The second kappa shape index (κ2) is 6.95. The predicted molar refractivity (Wildman–Crippen MR) is 76.1 cm³/mol. The molecule has 104 valence electrons. The lowest BCUT2D eigenvalue weighted by atomic mass is 9.70. The van der Waals surface area contributed by atoms with Crippen LogP contribution in [0.25, 0.3) is 0 Å². The minimum Gasteiger partial charge on any atom is -0.211 e. The maximum Gasteiger partial charge on any atom is 0.235 e. The smallest absolute Gasteiger partial charge is 0.211 e. The van der Waals surface area contributed by atoms with Gasteiger partial charge in [0.25, 0.3) is 0 Å². The molecule has 1 fully saturated rings. The van der Waals surface area contributed by atoms with Crippen LogP contribution in [0.5, 0.6) is 0 Å². The van der Waals surface area contributed by atoms with E-state index in [4.69, 9.17) is 0 Å². The summed E-state index contributed by atoms with van der Waals surface area (Å²) >= 11 is 0. The van der Waals surface area contributed by atoms with Crippen molar-refractivity contribution in [3.8, 4) is 0 Å². The van der Waals surface area contributed by atoms with Gasteiger partial charge in [-0.3, -0.25) is 0 Å². The summed E-state index contributed by atoms with van der Waals surface area (Å²) in [6, 6.07) is 9.85. The van der Waals surface area contributed by atoms with Crippen molar-refractivity contribution < 1.29 is 9.59 Å². The molecule has 0 radical (unpaired) electrons. The van der Waals surface area contributed by atoms with Crippen molar-refractivity contribution in [1.29, 1.82) is 0 Å². The van der Waals surface area contributed by atoms with Gasteiger partial charge in [0.05, 0.1) is 12.1 Å². The molecule has 4 heteroatoms. The number of nitrogens with zero attached hydrogens (tertiary/aromatic N) is 2. The van der Waals surface area contributed by atoms with E-state index in [0.29, 0.717) is 6.54 Å². The third-order valence-electron chi connectivity index (χ3n) is 4.18. The molecule has 0 aliphatic heterocycles. The topological polar surface area (TPSA) is 58.9 Å². The lowest BCUT2D eigenvalue weighted by Crippen LogP contribution is -2.38. The first-order chi connectivity index (χ1) is 9.82. The second-order valence-electron chi connectivity index (χ2n) is 5.26. The molecule has 1 atom stereocenters. The third kappa shape index (κ3) is 3.11. The summed E-state index contributed by atoms with van der Waals surface area (Å²) in [6.45, 7) is 0.318. The maximum atomic E-state index is 10.9. The molecule has 0 bridgehead atoms. The fourth-order valence-corrected chi connectivity index (χ4v) is 3.19. The average molecular weight is 270 g/mol. The molecule has 0 N–H and O–H groups in total. The normalized spacial score (nSPS) is 18.4. The van der Waals surface area contributed by atoms with Gasteiger partial charge in [-0.2, -0.15) is 4.99 Å². The number of isocyanates is 2. The molecular formula is C16H18N2O2. The third-order valence-corrected chi connectivity index (χ3v) is 4.18. The Morgan fingerprint density at radius 2 is 1.75 bits per heavy atom. The molecule has 1 aromatic carbocycles. The molecule has 0 amide bonds. The van der Waals surface area contributed by atoms with Crippen LogP contribution in [0.15, 0.2) is 40.3 Å². The van der Waals surface area contributed by atoms with Gasteiger partial charge >= 0.3 is 0 Å². The Morgan fingerprint density at radius 1 is 1.05 bits per heavy atom. The van der Waals surface area contributed by atoms with E-state index in [2.05, 4.69) is 9.98 Å². The summed E-state index contributed by atoms with van der Waals surface area (Å²) in [5, 5.41) is 0. The van der Waals surface area contributed by atoms with Gasteiger partial charge in [0, 0.05) is 5.92 Å². The summed E-state index contributed by atoms with van der Waals surface area (Å²) in [5.41, 5.74) is 0.592. The van der Waals surface area contributed by atoms with Crippen LogP contribution in [0.1, 0.15) is 43.6 Å². The molecule has 2 rings (SSSR count). The first-order valence-corrected chi connectivity index (χ1v) is 7.00. The van der Waals surface area contributed by atoms with Crippen LogP contribution in [-0.4, -0.2) is 24.2 Å². The zero-order chi connectivity index (χ0) is 14.3. The van der Waals surface area contributed by atoms with Crippen LogP contribution in [0.2, 0.25) is 0 Å². The Bertz CT molecular complexity index is 523. The van der Waals surface area contributed by atoms with E-state index in [-0.39, 0.29) is 5.92 Å². The molecule has 1 aliphatic carbocycles. The zero-order valence-corrected chi connectivity index (χ0v) is 11.4. The molecule has 1 aliphatic rings. The van der Waals surface area contributed by atoms with E-state index >= 15 is 0 Å². The summed E-state index contributed by atoms with van der Waals surface area (Å²) < 4.78 is 0. The molecule has 4 nitrogen and oxygen atoms in total. The number of hydrogen-bond donors (Lipinski definition) is 0. The molecule has 20 heavy (non-hydrogen) atoms. The highest BCUT2D eigenvalue weighted by Gasteiger charge is 2.40. The highest BCUT2D eigenvalue weighted by atomic mass is 16.1. The number of carbonyl (C=O) groups excluding carboxylic acids is 2. The van der Waals surface area contributed by atoms with E-state index in [9.17, 15) is 9.59 Å². The first kappa shape index (κ1) is 14.4. The Hall–Kier alpha value is -2.02.